The molecule has 0 saturated carbocycles. The topological polar surface area (TPSA) is 130 Å². The molecule has 2 aromatic heterocycles. The van der Waals surface area contributed by atoms with Gasteiger partial charge < -0.3 is 10.4 Å². The Labute approximate surface area is 196 Å². The number of carboxylic acid groups (broad SMARTS) is 1. The molecule has 176 valence electrons. The third kappa shape index (κ3) is 4.86. The Morgan fingerprint density at radius 1 is 1.36 bits per heavy atom. The number of nitrogens with one attached hydrogen (secondary N) is 1. The second-order valence-corrected chi connectivity index (χ2v) is 10.5. The zero-order valence-corrected chi connectivity index (χ0v) is 19.1. The van der Waals surface area contributed by atoms with Crippen molar-refractivity contribution in [2.75, 3.05) is 11.5 Å². The highest BCUT2D eigenvalue weighted by Gasteiger charge is 2.54. The lowest BCUT2D eigenvalue weighted by Gasteiger charge is -2.49. The second kappa shape index (κ2) is 8.98. The molecular formula is C17H15F3N6O4S3. The van der Waals surface area contributed by atoms with Crippen molar-refractivity contribution in [1.82, 2.24) is 30.2 Å². The van der Waals surface area contributed by atoms with Crippen LogP contribution in [0, 0.1) is 6.92 Å². The van der Waals surface area contributed by atoms with Gasteiger partial charge in [-0.3, -0.25) is 19.2 Å². The number of nitrogens with zero attached hydrogens (tertiary/aromatic N) is 5. The molecule has 4 rings (SSSR count). The first-order chi connectivity index (χ1) is 15.5. The minimum absolute atomic E-state index is 0.120. The molecule has 0 bridgehead atoms. The Morgan fingerprint density at radius 2 is 2.12 bits per heavy atom. The van der Waals surface area contributed by atoms with E-state index in [0.717, 1.165) is 26.9 Å². The summed E-state index contributed by atoms with van der Waals surface area (Å²) in [7, 11) is 0. The molecule has 1 saturated heterocycles. The number of hydrogen-bond donors (Lipinski definition) is 2. The maximum Gasteiger partial charge on any atom is 0.435 e. The van der Waals surface area contributed by atoms with Gasteiger partial charge in [-0.15, -0.1) is 22.0 Å². The number of carboxylic acids is 1. The summed E-state index contributed by atoms with van der Waals surface area (Å²) in [6.45, 7) is 1.29. The molecule has 2 atom stereocenters. The van der Waals surface area contributed by atoms with E-state index < -0.39 is 47.6 Å². The molecule has 2 aromatic rings. The summed E-state index contributed by atoms with van der Waals surface area (Å²) in [4.78, 5) is 37.9. The van der Waals surface area contributed by atoms with E-state index in [9.17, 15) is 32.7 Å². The molecule has 16 heteroatoms. The Hall–Kier alpha value is -2.59. The molecule has 10 nitrogen and oxygen atoms in total. The van der Waals surface area contributed by atoms with Crippen molar-refractivity contribution in [2.24, 2.45) is 0 Å². The molecule has 0 spiro atoms. The maximum absolute atomic E-state index is 12.7. The summed E-state index contributed by atoms with van der Waals surface area (Å²) in [5.41, 5.74) is -0.699. The zero-order valence-electron chi connectivity index (χ0n) is 16.7. The number of rotatable bonds is 7. The molecular weight excluding hydrogens is 505 g/mol. The SMILES string of the molecule is Cc1nnc(SCC2=C(C(=O)O)N3C(=O)[C@@H](NC(=O)Cn4ccc(C(F)(F)F)n4)[C@H]3SC2)s1. The highest BCUT2D eigenvalue weighted by atomic mass is 32.2. The van der Waals surface area contributed by atoms with E-state index in [1.165, 1.54) is 34.9 Å². The molecule has 4 heterocycles. The Kier molecular flexibility index (Phi) is 6.41. The number of aliphatic carboxylic acids is 1. The lowest BCUT2D eigenvalue weighted by atomic mass is 10.0. The van der Waals surface area contributed by atoms with Crippen LogP contribution < -0.4 is 5.32 Å². The fraction of sp³-hybridized carbons (Fsp3) is 0.412. The monoisotopic (exact) mass is 520 g/mol. The lowest BCUT2D eigenvalue weighted by Crippen LogP contribution is -2.70. The van der Waals surface area contributed by atoms with E-state index in [1.807, 2.05) is 0 Å². The van der Waals surface area contributed by atoms with Crippen LogP contribution in [0.15, 0.2) is 27.9 Å². The third-order valence-corrected chi connectivity index (χ3v) is 8.08. The zero-order chi connectivity index (χ0) is 23.9. The second-order valence-electron chi connectivity index (χ2n) is 6.98. The number of thioether (sulfide) groups is 2. The number of hydrogen-bond acceptors (Lipinski definition) is 9. The van der Waals surface area contributed by atoms with Crippen LogP contribution in [0.3, 0.4) is 0 Å². The van der Waals surface area contributed by atoms with Crippen molar-refractivity contribution >= 4 is 52.6 Å². The van der Waals surface area contributed by atoms with E-state index in [4.69, 9.17) is 0 Å². The quantitative estimate of drug-likeness (QED) is 0.413. The number of fused-ring (bicyclic) bond motifs is 1. The number of aromatic nitrogens is 4. The third-order valence-electron chi connectivity index (χ3n) is 4.68. The van der Waals surface area contributed by atoms with Crippen LogP contribution in [0.2, 0.25) is 0 Å². The number of carbonyl (C=O) groups excluding carboxylic acids is 2. The van der Waals surface area contributed by atoms with Gasteiger partial charge >= 0.3 is 12.1 Å². The van der Waals surface area contributed by atoms with Crippen LogP contribution in [-0.2, 0) is 27.1 Å². The van der Waals surface area contributed by atoms with Crippen molar-refractivity contribution < 1.29 is 32.7 Å². The first kappa shape index (κ1) is 23.6. The van der Waals surface area contributed by atoms with Crippen LogP contribution in [-0.4, -0.2) is 70.7 Å². The van der Waals surface area contributed by atoms with Crippen molar-refractivity contribution in [3.05, 3.63) is 34.2 Å². The molecule has 1 fully saturated rings. The van der Waals surface area contributed by atoms with Crippen molar-refractivity contribution in [3.8, 4) is 0 Å². The smallest absolute Gasteiger partial charge is 0.435 e. The van der Waals surface area contributed by atoms with Gasteiger partial charge in [0.1, 0.15) is 28.7 Å². The number of halogens is 3. The predicted molar refractivity (Wildman–Crippen MR) is 112 cm³/mol. The number of alkyl halides is 3. The van der Waals surface area contributed by atoms with Crippen molar-refractivity contribution in [1.29, 1.82) is 0 Å². The molecule has 2 aliphatic rings. The van der Waals surface area contributed by atoms with Gasteiger partial charge in [-0.1, -0.05) is 23.1 Å². The Morgan fingerprint density at radius 3 is 2.73 bits per heavy atom. The first-order valence-electron chi connectivity index (χ1n) is 9.27. The Balaban J connectivity index is 1.40. The molecule has 0 radical (unpaired) electrons. The van der Waals surface area contributed by atoms with Crippen LogP contribution in [0.25, 0.3) is 0 Å². The van der Waals surface area contributed by atoms with Gasteiger partial charge in [0, 0.05) is 17.7 Å². The standard InChI is InChI=1S/C17H15F3N6O4S3/c1-7-22-23-16(33-7)32-6-8-5-31-14-11(13(28)26(14)12(8)15(29)30)21-10(27)4-25-3-2-9(24-25)17(18,19)20/h2-3,11,14H,4-6H2,1H3,(H,21,27)(H,29,30)/t11-,14-/m1/s1. The van der Waals surface area contributed by atoms with Crippen LogP contribution in [0.1, 0.15) is 10.7 Å². The summed E-state index contributed by atoms with van der Waals surface area (Å²) in [5.74, 6) is -1.90. The molecule has 0 aromatic carbocycles. The van der Waals surface area contributed by atoms with Gasteiger partial charge in [-0.25, -0.2) is 4.79 Å². The van der Waals surface area contributed by atoms with E-state index >= 15 is 0 Å². The fourth-order valence-electron chi connectivity index (χ4n) is 3.25. The first-order valence-corrected chi connectivity index (χ1v) is 12.1. The van der Waals surface area contributed by atoms with Gasteiger partial charge in [-0.05, 0) is 18.6 Å². The molecule has 33 heavy (non-hydrogen) atoms. The molecule has 2 aliphatic heterocycles. The van der Waals surface area contributed by atoms with E-state index in [0.29, 0.717) is 21.4 Å². The van der Waals surface area contributed by atoms with Crippen molar-refractivity contribution in [2.45, 2.75) is 35.4 Å². The van der Waals surface area contributed by atoms with E-state index in [-0.39, 0.29) is 5.70 Å². The van der Waals surface area contributed by atoms with Gasteiger partial charge in [0.2, 0.25) is 5.91 Å². The summed E-state index contributed by atoms with van der Waals surface area (Å²) in [6.07, 6.45) is -3.61. The normalized spacial score (nSPS) is 20.5. The van der Waals surface area contributed by atoms with Crippen LogP contribution in [0.5, 0.6) is 0 Å². The summed E-state index contributed by atoms with van der Waals surface area (Å²) in [6, 6.07) is -0.234. The molecule has 0 aliphatic carbocycles. The lowest BCUT2D eigenvalue weighted by molar-refractivity contribution is -0.150. The van der Waals surface area contributed by atoms with E-state index in [2.05, 4.69) is 20.6 Å². The predicted octanol–water partition coefficient (Wildman–Crippen LogP) is 1.59. The highest BCUT2D eigenvalue weighted by molar-refractivity contribution is 8.01. The van der Waals surface area contributed by atoms with Crippen molar-refractivity contribution in [3.63, 3.8) is 0 Å². The molecule has 2 amide bonds. The fourth-order valence-corrected chi connectivity index (χ4v) is 6.55. The number of carbonyl (C=O) groups is 3. The number of amides is 2. The van der Waals surface area contributed by atoms with E-state index in [1.54, 1.807) is 6.92 Å². The van der Waals surface area contributed by atoms with Gasteiger partial charge in [0.15, 0.2) is 10.0 Å². The van der Waals surface area contributed by atoms with Crippen LogP contribution in [0.4, 0.5) is 13.2 Å². The van der Waals surface area contributed by atoms with Crippen LogP contribution >= 0.6 is 34.9 Å². The summed E-state index contributed by atoms with van der Waals surface area (Å²) >= 11 is 4.01. The highest BCUT2D eigenvalue weighted by Crippen LogP contribution is 2.41. The average Bonchev–Trinajstić information content (AvgIpc) is 3.38. The average molecular weight is 521 g/mol. The Bertz CT molecular complexity index is 1150. The van der Waals surface area contributed by atoms with Gasteiger partial charge in [0.25, 0.3) is 5.91 Å². The number of aryl methyl sites for hydroxylation is 1. The largest absolute Gasteiger partial charge is 0.477 e. The minimum Gasteiger partial charge on any atom is -0.477 e. The number of β-lactam (4-membered cyclic amide) rings is 1. The summed E-state index contributed by atoms with van der Waals surface area (Å²) < 4.78 is 39.4. The maximum atomic E-state index is 12.7. The molecule has 0 unspecified atom stereocenters. The minimum atomic E-state index is -4.63. The molecule has 2 N–H and O–H groups in total. The van der Waals surface area contributed by atoms with Gasteiger partial charge in [0.05, 0.1) is 0 Å². The van der Waals surface area contributed by atoms with Gasteiger partial charge in [-0.2, -0.15) is 18.3 Å². The summed E-state index contributed by atoms with van der Waals surface area (Å²) in [5, 5.41) is 23.5.